The maximum atomic E-state index is 13.2. The zero-order chi connectivity index (χ0) is 18.8. The molecular weight excluding hydrogens is 340 g/mol. The molecule has 0 saturated heterocycles. The Balaban J connectivity index is 1.81. The van der Waals surface area contributed by atoms with E-state index < -0.39 is 0 Å². The Bertz CT molecular complexity index is 925. The minimum Gasteiger partial charge on any atom is -0.349 e. The SMILES string of the molecule is O=C1CCCc2c1cn(-c1ccccc1)c(=O)c2C(=O)NC1CCCCC1. The van der Waals surface area contributed by atoms with Crippen LogP contribution in [-0.4, -0.2) is 22.3 Å². The number of carbonyl (C=O) groups is 2. The quantitative estimate of drug-likeness (QED) is 0.907. The first kappa shape index (κ1) is 17.7. The normalized spacial score (nSPS) is 17.4. The van der Waals surface area contributed by atoms with E-state index in [4.69, 9.17) is 0 Å². The van der Waals surface area contributed by atoms with Gasteiger partial charge in [-0.1, -0.05) is 37.5 Å². The summed E-state index contributed by atoms with van der Waals surface area (Å²) in [5.74, 6) is -0.323. The van der Waals surface area contributed by atoms with Gasteiger partial charge in [0.1, 0.15) is 5.56 Å². The lowest BCUT2D eigenvalue weighted by atomic mass is 9.88. The minimum absolute atomic E-state index is 0.00708. The van der Waals surface area contributed by atoms with Gasteiger partial charge in [-0.25, -0.2) is 0 Å². The molecule has 0 bridgehead atoms. The summed E-state index contributed by atoms with van der Waals surface area (Å²) in [6, 6.07) is 9.28. The molecule has 2 aliphatic carbocycles. The summed E-state index contributed by atoms with van der Waals surface area (Å²) in [6.45, 7) is 0. The molecule has 27 heavy (non-hydrogen) atoms. The van der Waals surface area contributed by atoms with Crippen molar-refractivity contribution in [1.82, 2.24) is 9.88 Å². The van der Waals surface area contributed by atoms with E-state index >= 15 is 0 Å². The zero-order valence-electron chi connectivity index (χ0n) is 15.4. The van der Waals surface area contributed by atoms with Gasteiger partial charge < -0.3 is 5.32 Å². The number of amides is 1. The van der Waals surface area contributed by atoms with Crippen molar-refractivity contribution in [2.45, 2.75) is 57.4 Å². The number of pyridine rings is 1. The monoisotopic (exact) mass is 364 g/mol. The highest BCUT2D eigenvalue weighted by Crippen LogP contribution is 2.25. The van der Waals surface area contributed by atoms with Crippen molar-refractivity contribution in [2.24, 2.45) is 0 Å². The molecule has 1 aromatic carbocycles. The van der Waals surface area contributed by atoms with E-state index in [0.717, 1.165) is 25.7 Å². The standard InChI is InChI=1S/C22H24N2O3/c25-19-13-7-12-17-18(19)14-24(16-10-5-2-6-11-16)22(27)20(17)21(26)23-15-8-3-1-4-9-15/h2,5-6,10-11,14-15H,1,3-4,7-9,12-13H2,(H,23,26). The number of fused-ring (bicyclic) bond motifs is 1. The van der Waals surface area contributed by atoms with Crippen LogP contribution in [0.5, 0.6) is 0 Å². The molecule has 0 aliphatic heterocycles. The second kappa shape index (κ2) is 7.51. The molecule has 1 N–H and O–H groups in total. The first-order valence-corrected chi connectivity index (χ1v) is 9.83. The lowest BCUT2D eigenvalue weighted by Crippen LogP contribution is -2.41. The number of benzene rings is 1. The topological polar surface area (TPSA) is 68.2 Å². The Labute approximate surface area is 158 Å². The molecule has 0 atom stereocenters. The second-order valence-corrected chi connectivity index (χ2v) is 7.49. The van der Waals surface area contributed by atoms with Crippen LogP contribution in [-0.2, 0) is 6.42 Å². The third-order valence-electron chi connectivity index (χ3n) is 5.65. The summed E-state index contributed by atoms with van der Waals surface area (Å²) >= 11 is 0. The first-order chi connectivity index (χ1) is 13.1. The molecule has 140 valence electrons. The maximum Gasteiger partial charge on any atom is 0.268 e. The number of carbonyl (C=O) groups excluding carboxylic acids is 2. The van der Waals surface area contributed by atoms with Crippen molar-refractivity contribution >= 4 is 11.7 Å². The molecule has 5 heteroatoms. The van der Waals surface area contributed by atoms with E-state index in [1.807, 2.05) is 30.3 Å². The van der Waals surface area contributed by atoms with Crippen molar-refractivity contribution in [3.63, 3.8) is 0 Å². The van der Waals surface area contributed by atoms with Gasteiger partial charge in [0, 0.05) is 29.9 Å². The van der Waals surface area contributed by atoms with Crippen molar-refractivity contribution in [1.29, 1.82) is 0 Å². The van der Waals surface area contributed by atoms with E-state index in [9.17, 15) is 14.4 Å². The fourth-order valence-corrected chi connectivity index (χ4v) is 4.23. The number of nitrogens with zero attached hydrogens (tertiary/aromatic N) is 1. The summed E-state index contributed by atoms with van der Waals surface area (Å²) in [5, 5.41) is 3.06. The molecular formula is C22H24N2O3. The van der Waals surface area contributed by atoms with E-state index in [1.165, 1.54) is 11.0 Å². The van der Waals surface area contributed by atoms with Gasteiger partial charge in [-0.2, -0.15) is 0 Å². The highest BCUT2D eigenvalue weighted by molar-refractivity contribution is 6.03. The average Bonchev–Trinajstić information content (AvgIpc) is 2.69. The average molecular weight is 364 g/mol. The Hall–Kier alpha value is -2.69. The van der Waals surface area contributed by atoms with Crippen molar-refractivity contribution in [3.05, 3.63) is 63.6 Å². The molecule has 0 radical (unpaired) electrons. The summed E-state index contributed by atoms with van der Waals surface area (Å²) in [7, 11) is 0. The van der Waals surface area contributed by atoms with Crippen molar-refractivity contribution < 1.29 is 9.59 Å². The predicted octanol–water partition coefficient (Wildman–Crippen LogP) is 3.42. The third-order valence-corrected chi connectivity index (χ3v) is 5.65. The molecule has 1 heterocycles. The summed E-state index contributed by atoms with van der Waals surface area (Å²) in [4.78, 5) is 38.8. The van der Waals surface area contributed by atoms with Gasteiger partial charge in [-0.05, 0) is 43.4 Å². The fraction of sp³-hybridized carbons (Fsp3) is 0.409. The molecule has 1 saturated carbocycles. The van der Waals surface area contributed by atoms with Crippen molar-refractivity contribution in [2.75, 3.05) is 0 Å². The summed E-state index contributed by atoms with van der Waals surface area (Å²) in [5.41, 5.74) is 1.60. The first-order valence-electron chi connectivity index (χ1n) is 9.83. The Kier molecular flexibility index (Phi) is 4.92. The van der Waals surface area contributed by atoms with Crippen LogP contribution in [0.2, 0.25) is 0 Å². The van der Waals surface area contributed by atoms with Crippen LogP contribution in [0, 0.1) is 0 Å². The number of nitrogens with one attached hydrogen (secondary N) is 1. The fourth-order valence-electron chi connectivity index (χ4n) is 4.23. The number of hydrogen-bond acceptors (Lipinski definition) is 3. The molecule has 0 spiro atoms. The highest BCUT2D eigenvalue weighted by atomic mass is 16.2. The Morgan fingerprint density at radius 1 is 0.963 bits per heavy atom. The molecule has 1 amide bonds. The number of rotatable bonds is 3. The van der Waals surface area contributed by atoms with E-state index in [2.05, 4.69) is 5.32 Å². The van der Waals surface area contributed by atoms with Crippen LogP contribution in [0.3, 0.4) is 0 Å². The Morgan fingerprint density at radius 2 is 1.70 bits per heavy atom. The predicted molar refractivity (Wildman–Crippen MR) is 104 cm³/mol. The van der Waals surface area contributed by atoms with Crippen LogP contribution >= 0.6 is 0 Å². The summed E-state index contributed by atoms with van der Waals surface area (Å²) < 4.78 is 1.44. The summed E-state index contributed by atoms with van der Waals surface area (Å²) in [6.07, 6.45) is 8.66. The molecule has 4 rings (SSSR count). The lowest BCUT2D eigenvalue weighted by Gasteiger charge is -2.25. The molecule has 1 fully saturated rings. The van der Waals surface area contributed by atoms with Crippen LogP contribution < -0.4 is 10.9 Å². The maximum absolute atomic E-state index is 13.2. The zero-order valence-corrected chi connectivity index (χ0v) is 15.4. The minimum atomic E-state index is -0.344. The van der Waals surface area contributed by atoms with Gasteiger partial charge in [0.15, 0.2) is 5.78 Å². The largest absolute Gasteiger partial charge is 0.349 e. The van der Waals surface area contributed by atoms with Gasteiger partial charge in [0.2, 0.25) is 0 Å². The lowest BCUT2D eigenvalue weighted by molar-refractivity contribution is 0.0924. The van der Waals surface area contributed by atoms with Crippen LogP contribution in [0.15, 0.2) is 41.3 Å². The molecule has 2 aliphatic rings. The Morgan fingerprint density at radius 3 is 2.44 bits per heavy atom. The van der Waals surface area contributed by atoms with Gasteiger partial charge in [-0.3, -0.25) is 19.0 Å². The molecule has 1 aromatic heterocycles. The van der Waals surface area contributed by atoms with Crippen LogP contribution in [0.25, 0.3) is 5.69 Å². The van der Waals surface area contributed by atoms with Crippen LogP contribution in [0.1, 0.15) is 71.2 Å². The number of para-hydroxylation sites is 1. The van der Waals surface area contributed by atoms with Gasteiger partial charge >= 0.3 is 0 Å². The van der Waals surface area contributed by atoms with Crippen LogP contribution in [0.4, 0.5) is 0 Å². The van der Waals surface area contributed by atoms with Gasteiger partial charge in [-0.15, -0.1) is 0 Å². The van der Waals surface area contributed by atoms with E-state index in [0.29, 0.717) is 36.1 Å². The highest BCUT2D eigenvalue weighted by Gasteiger charge is 2.28. The number of ketones is 1. The number of aromatic nitrogens is 1. The van der Waals surface area contributed by atoms with Gasteiger partial charge in [0.05, 0.1) is 0 Å². The molecule has 2 aromatic rings. The number of Topliss-reactive ketones (excluding diaryl/α,β-unsaturated/α-hetero) is 1. The molecule has 5 nitrogen and oxygen atoms in total. The second-order valence-electron chi connectivity index (χ2n) is 7.49. The smallest absolute Gasteiger partial charge is 0.268 e. The van der Waals surface area contributed by atoms with E-state index in [1.54, 1.807) is 6.20 Å². The van der Waals surface area contributed by atoms with E-state index in [-0.39, 0.29) is 28.9 Å². The van der Waals surface area contributed by atoms with Gasteiger partial charge in [0.25, 0.3) is 11.5 Å². The third kappa shape index (κ3) is 3.46. The molecule has 0 unspecified atom stereocenters. The number of hydrogen-bond donors (Lipinski definition) is 1. The van der Waals surface area contributed by atoms with Crippen molar-refractivity contribution in [3.8, 4) is 5.69 Å².